The van der Waals surface area contributed by atoms with Crippen LogP contribution in [-0.2, 0) is 16.0 Å². The number of amides is 2. The lowest BCUT2D eigenvalue weighted by Gasteiger charge is -2.22. The van der Waals surface area contributed by atoms with Crippen LogP contribution in [0.3, 0.4) is 0 Å². The van der Waals surface area contributed by atoms with Gasteiger partial charge in [-0.3, -0.25) is 9.89 Å². The Bertz CT molecular complexity index is 872. The number of hydrogen-bond acceptors (Lipinski definition) is 6. The zero-order valence-electron chi connectivity index (χ0n) is 17.8. The normalized spacial score (nSPS) is 18.7. The van der Waals surface area contributed by atoms with Gasteiger partial charge in [-0.1, -0.05) is 6.07 Å². The van der Waals surface area contributed by atoms with Crippen molar-refractivity contribution in [1.29, 1.82) is 0 Å². The van der Waals surface area contributed by atoms with Crippen molar-refractivity contribution < 1.29 is 19.1 Å². The van der Waals surface area contributed by atoms with E-state index in [-0.39, 0.29) is 29.9 Å². The third-order valence-corrected chi connectivity index (χ3v) is 4.81. The number of aromatic amines is 1. The molecule has 0 spiro atoms. The molecule has 0 saturated heterocycles. The molecule has 2 amide bonds. The molecule has 9 nitrogen and oxygen atoms in total. The number of pyridine rings is 1. The summed E-state index contributed by atoms with van der Waals surface area (Å²) in [7, 11) is 1.54. The number of carbonyl (C=O) groups excluding carboxylic acids is 2. The van der Waals surface area contributed by atoms with Crippen LogP contribution in [0.2, 0.25) is 0 Å². The molecule has 1 fully saturated rings. The molecule has 3 rings (SSSR count). The quantitative estimate of drug-likeness (QED) is 0.667. The maximum Gasteiger partial charge on any atom is 0.407 e. The first-order valence-electron chi connectivity index (χ1n) is 10.0. The third-order valence-electron chi connectivity index (χ3n) is 4.81. The number of H-pyrrole nitrogens is 1. The van der Waals surface area contributed by atoms with Crippen LogP contribution >= 0.6 is 0 Å². The number of nitrogens with one attached hydrogen (secondary N) is 3. The molecule has 0 bridgehead atoms. The van der Waals surface area contributed by atoms with Gasteiger partial charge in [0.15, 0.2) is 5.82 Å². The van der Waals surface area contributed by atoms with Gasteiger partial charge in [0.1, 0.15) is 6.10 Å². The molecule has 162 valence electrons. The summed E-state index contributed by atoms with van der Waals surface area (Å²) in [5.41, 5.74) is 1.39. The lowest BCUT2D eigenvalue weighted by Crippen LogP contribution is -2.42. The second-order valence-electron chi connectivity index (χ2n) is 8.55. The van der Waals surface area contributed by atoms with Gasteiger partial charge in [0.05, 0.1) is 13.5 Å². The molecule has 0 radical (unpaired) electrons. The second-order valence-corrected chi connectivity index (χ2v) is 8.55. The third kappa shape index (κ3) is 6.20. The summed E-state index contributed by atoms with van der Waals surface area (Å²) in [6.45, 7) is 5.74. The fourth-order valence-electron chi connectivity index (χ4n) is 3.44. The lowest BCUT2D eigenvalue weighted by atomic mass is 10.0. The molecule has 2 aromatic rings. The average Bonchev–Trinajstić information content (AvgIpc) is 3.30. The van der Waals surface area contributed by atoms with Crippen LogP contribution < -0.4 is 15.4 Å². The zero-order valence-corrected chi connectivity index (χ0v) is 17.8. The Morgan fingerprint density at radius 1 is 1.27 bits per heavy atom. The molecule has 0 aliphatic heterocycles. The summed E-state index contributed by atoms with van der Waals surface area (Å²) in [6, 6.07) is 5.36. The summed E-state index contributed by atoms with van der Waals surface area (Å²) in [5, 5.41) is 12.8. The second kappa shape index (κ2) is 9.15. The summed E-state index contributed by atoms with van der Waals surface area (Å²) >= 11 is 0. The number of rotatable bonds is 6. The largest absolute Gasteiger partial charge is 0.481 e. The molecule has 2 heterocycles. The molecule has 1 aliphatic carbocycles. The van der Waals surface area contributed by atoms with Crippen molar-refractivity contribution in [3.05, 3.63) is 35.7 Å². The van der Waals surface area contributed by atoms with Crippen LogP contribution in [0.5, 0.6) is 5.88 Å². The SMILES string of the molecule is COc1ccc(CC(=O)Nc2cc([C@H]3CC[C@@H](OC(=O)NC(C)(C)C)C3)[nH]n2)cn1. The van der Waals surface area contributed by atoms with Crippen molar-refractivity contribution in [1.82, 2.24) is 20.5 Å². The van der Waals surface area contributed by atoms with Crippen LogP contribution in [-0.4, -0.2) is 45.9 Å². The number of aromatic nitrogens is 3. The molecule has 0 unspecified atom stereocenters. The molecule has 1 saturated carbocycles. The highest BCUT2D eigenvalue weighted by Gasteiger charge is 2.30. The number of alkyl carbamates (subject to hydrolysis) is 1. The molecule has 30 heavy (non-hydrogen) atoms. The molecule has 0 aromatic carbocycles. The Morgan fingerprint density at radius 2 is 2.07 bits per heavy atom. The van der Waals surface area contributed by atoms with Crippen molar-refractivity contribution in [2.75, 3.05) is 12.4 Å². The van der Waals surface area contributed by atoms with Crippen LogP contribution in [0.1, 0.15) is 57.2 Å². The predicted molar refractivity (Wildman–Crippen MR) is 111 cm³/mol. The summed E-state index contributed by atoms with van der Waals surface area (Å²) in [4.78, 5) is 28.3. The highest BCUT2D eigenvalue weighted by atomic mass is 16.6. The van der Waals surface area contributed by atoms with Crippen molar-refractivity contribution in [2.24, 2.45) is 0 Å². The van der Waals surface area contributed by atoms with E-state index < -0.39 is 6.09 Å². The first kappa shape index (κ1) is 21.6. The average molecular weight is 415 g/mol. The van der Waals surface area contributed by atoms with Gasteiger partial charge in [-0.25, -0.2) is 9.78 Å². The zero-order chi connectivity index (χ0) is 21.7. The van der Waals surface area contributed by atoms with E-state index in [9.17, 15) is 9.59 Å². The van der Waals surface area contributed by atoms with Crippen LogP contribution in [0, 0.1) is 0 Å². The van der Waals surface area contributed by atoms with E-state index in [1.165, 1.54) is 0 Å². The van der Waals surface area contributed by atoms with Crippen molar-refractivity contribution in [3.8, 4) is 5.88 Å². The first-order valence-corrected chi connectivity index (χ1v) is 10.0. The minimum Gasteiger partial charge on any atom is -0.481 e. The Labute approximate surface area is 175 Å². The maximum atomic E-state index is 12.3. The minimum atomic E-state index is -0.390. The van der Waals surface area contributed by atoms with Crippen molar-refractivity contribution in [3.63, 3.8) is 0 Å². The van der Waals surface area contributed by atoms with Gasteiger partial charge in [-0.15, -0.1) is 0 Å². The van der Waals surface area contributed by atoms with Crippen molar-refractivity contribution >= 4 is 17.8 Å². The first-order chi connectivity index (χ1) is 14.2. The topological polar surface area (TPSA) is 118 Å². The van der Waals surface area contributed by atoms with Gasteiger partial charge in [0.25, 0.3) is 0 Å². The van der Waals surface area contributed by atoms with E-state index in [0.717, 1.165) is 30.5 Å². The molecular weight excluding hydrogens is 386 g/mol. The van der Waals surface area contributed by atoms with Gasteiger partial charge in [-0.05, 0) is 45.6 Å². The fraction of sp³-hybridized carbons (Fsp3) is 0.524. The number of ether oxygens (including phenoxy) is 2. The van der Waals surface area contributed by atoms with E-state index >= 15 is 0 Å². The van der Waals surface area contributed by atoms with E-state index in [0.29, 0.717) is 11.7 Å². The maximum absolute atomic E-state index is 12.3. The minimum absolute atomic E-state index is 0.124. The summed E-state index contributed by atoms with van der Waals surface area (Å²) < 4.78 is 10.5. The van der Waals surface area contributed by atoms with E-state index in [1.54, 1.807) is 25.4 Å². The van der Waals surface area contributed by atoms with Gasteiger partial charge in [-0.2, -0.15) is 5.10 Å². The smallest absolute Gasteiger partial charge is 0.407 e. The summed E-state index contributed by atoms with van der Waals surface area (Å²) in [5.74, 6) is 1.02. The van der Waals surface area contributed by atoms with Crippen LogP contribution in [0.4, 0.5) is 10.6 Å². The van der Waals surface area contributed by atoms with Crippen LogP contribution in [0.15, 0.2) is 24.4 Å². The molecule has 2 atom stereocenters. The standard InChI is InChI=1S/C21H29N5O4/c1-21(2,3)24-20(28)30-15-7-6-14(10-15)16-11-17(26-25-16)23-18(27)9-13-5-8-19(29-4)22-12-13/h5,8,11-12,14-15H,6-7,9-10H2,1-4H3,(H,24,28)(H2,23,25,26,27)/t14-,15+/m0/s1. The Hall–Kier alpha value is -3.10. The Kier molecular flexibility index (Phi) is 6.59. The van der Waals surface area contributed by atoms with Gasteiger partial charge >= 0.3 is 6.09 Å². The lowest BCUT2D eigenvalue weighted by molar-refractivity contribution is -0.115. The Balaban J connectivity index is 1.48. The Morgan fingerprint density at radius 3 is 2.73 bits per heavy atom. The highest BCUT2D eigenvalue weighted by Crippen LogP contribution is 2.35. The molecule has 9 heteroatoms. The fourth-order valence-corrected chi connectivity index (χ4v) is 3.44. The van der Waals surface area contributed by atoms with Crippen molar-refractivity contribution in [2.45, 2.75) is 64.0 Å². The van der Waals surface area contributed by atoms with Gasteiger partial charge in [0, 0.05) is 35.5 Å². The van der Waals surface area contributed by atoms with E-state index in [4.69, 9.17) is 9.47 Å². The van der Waals surface area contributed by atoms with Crippen LogP contribution in [0.25, 0.3) is 0 Å². The van der Waals surface area contributed by atoms with Gasteiger partial charge < -0.3 is 20.1 Å². The molecular formula is C21H29N5O4. The number of nitrogens with zero attached hydrogens (tertiary/aromatic N) is 2. The predicted octanol–water partition coefficient (Wildman–Crippen LogP) is 3.16. The number of carbonyl (C=O) groups is 2. The van der Waals surface area contributed by atoms with E-state index in [1.807, 2.05) is 26.8 Å². The number of methoxy groups -OCH3 is 1. The number of hydrogen-bond donors (Lipinski definition) is 3. The number of anilines is 1. The summed E-state index contributed by atoms with van der Waals surface area (Å²) in [6.07, 6.45) is 3.71. The molecule has 2 aromatic heterocycles. The molecule has 3 N–H and O–H groups in total. The highest BCUT2D eigenvalue weighted by molar-refractivity contribution is 5.91. The molecule has 1 aliphatic rings. The van der Waals surface area contributed by atoms with Gasteiger partial charge in [0.2, 0.25) is 11.8 Å². The monoisotopic (exact) mass is 415 g/mol. The van der Waals surface area contributed by atoms with E-state index in [2.05, 4.69) is 25.8 Å².